The molecule has 114 valence electrons. The van der Waals surface area contributed by atoms with Gasteiger partial charge in [0.15, 0.2) is 0 Å². The van der Waals surface area contributed by atoms with Gasteiger partial charge in [-0.05, 0) is 31.2 Å². The fourth-order valence-corrected chi connectivity index (χ4v) is 3.76. The molecule has 0 spiro atoms. The number of thiophene rings is 1. The van der Waals surface area contributed by atoms with E-state index in [1.165, 1.54) is 44.9 Å². The highest BCUT2D eigenvalue weighted by Gasteiger charge is 2.15. The van der Waals surface area contributed by atoms with Gasteiger partial charge in [0.05, 0.1) is 5.39 Å². The average molecular weight is 304 g/mol. The molecule has 0 unspecified atom stereocenters. The Bertz CT molecular complexity index is 573. The molecule has 1 aliphatic rings. The van der Waals surface area contributed by atoms with Crippen LogP contribution in [-0.4, -0.2) is 22.6 Å². The molecule has 2 N–H and O–H groups in total. The minimum Gasteiger partial charge on any atom is -0.367 e. The van der Waals surface area contributed by atoms with Gasteiger partial charge in [0.2, 0.25) is 5.95 Å². The molecule has 3 rings (SSSR count). The van der Waals surface area contributed by atoms with E-state index < -0.39 is 0 Å². The van der Waals surface area contributed by atoms with Crippen molar-refractivity contribution in [1.29, 1.82) is 0 Å². The van der Waals surface area contributed by atoms with E-state index in [4.69, 9.17) is 0 Å². The van der Waals surface area contributed by atoms with Crippen LogP contribution >= 0.6 is 11.3 Å². The Balaban J connectivity index is 1.82. The van der Waals surface area contributed by atoms with Crippen LogP contribution in [0, 0.1) is 0 Å². The zero-order valence-corrected chi connectivity index (χ0v) is 13.5. The lowest BCUT2D eigenvalue weighted by Gasteiger charge is -2.22. The van der Waals surface area contributed by atoms with Crippen molar-refractivity contribution in [2.75, 3.05) is 17.2 Å². The Kier molecular flexibility index (Phi) is 4.91. The summed E-state index contributed by atoms with van der Waals surface area (Å²) in [4.78, 5) is 10.3. The normalized spacial score (nSPS) is 17.4. The van der Waals surface area contributed by atoms with Gasteiger partial charge in [0, 0.05) is 12.6 Å². The summed E-state index contributed by atoms with van der Waals surface area (Å²) in [5.74, 6) is 1.74. The molecular weight excluding hydrogens is 280 g/mol. The highest BCUT2D eigenvalue weighted by atomic mass is 32.1. The van der Waals surface area contributed by atoms with E-state index in [1.54, 1.807) is 11.3 Å². The van der Waals surface area contributed by atoms with Crippen LogP contribution < -0.4 is 10.6 Å². The quantitative estimate of drug-likeness (QED) is 0.863. The first-order valence-electron chi connectivity index (χ1n) is 8.12. The second-order valence-electron chi connectivity index (χ2n) is 5.75. The fourth-order valence-electron chi connectivity index (χ4n) is 3.00. The molecule has 2 aromatic rings. The van der Waals surface area contributed by atoms with E-state index in [9.17, 15) is 0 Å². The molecule has 2 heterocycles. The summed E-state index contributed by atoms with van der Waals surface area (Å²) in [6, 6.07) is 2.68. The van der Waals surface area contributed by atoms with Crippen molar-refractivity contribution in [3.8, 4) is 0 Å². The summed E-state index contributed by atoms with van der Waals surface area (Å²) in [5.41, 5.74) is 0. The molecular formula is C16H24N4S. The van der Waals surface area contributed by atoms with Crippen molar-refractivity contribution in [3.63, 3.8) is 0 Å². The number of fused-ring (bicyclic) bond motifs is 1. The average Bonchev–Trinajstić information content (AvgIpc) is 2.90. The van der Waals surface area contributed by atoms with Crippen molar-refractivity contribution in [2.45, 2.75) is 57.9 Å². The molecule has 2 aromatic heterocycles. The summed E-state index contributed by atoms with van der Waals surface area (Å²) < 4.78 is 0. The van der Waals surface area contributed by atoms with E-state index in [1.807, 2.05) is 0 Å². The molecule has 5 heteroatoms. The maximum Gasteiger partial charge on any atom is 0.226 e. The van der Waals surface area contributed by atoms with Crippen LogP contribution in [0.3, 0.4) is 0 Å². The molecule has 0 atom stereocenters. The van der Waals surface area contributed by atoms with Crippen molar-refractivity contribution in [1.82, 2.24) is 9.97 Å². The number of nitrogens with one attached hydrogen (secondary N) is 2. The Hall–Kier alpha value is -1.36. The van der Waals surface area contributed by atoms with E-state index in [0.29, 0.717) is 6.04 Å². The number of nitrogens with zero attached hydrogens (tertiary/aromatic N) is 2. The third kappa shape index (κ3) is 3.64. The van der Waals surface area contributed by atoms with Gasteiger partial charge in [-0.3, -0.25) is 0 Å². The van der Waals surface area contributed by atoms with Crippen molar-refractivity contribution < 1.29 is 0 Å². The fraction of sp³-hybridized carbons (Fsp3) is 0.625. The summed E-state index contributed by atoms with van der Waals surface area (Å²) >= 11 is 1.68. The standard InChI is InChI=1S/C16H24N4S/c1-2-17-16-19-14(13-10-11-21-15(13)20-16)18-12-8-6-4-3-5-7-9-12/h10-12H,2-9H2,1H3,(H2,17,18,19,20). The minimum atomic E-state index is 0.553. The third-order valence-electron chi connectivity index (χ3n) is 4.11. The molecule has 21 heavy (non-hydrogen) atoms. The number of hydrogen-bond acceptors (Lipinski definition) is 5. The topological polar surface area (TPSA) is 49.8 Å². The monoisotopic (exact) mass is 304 g/mol. The summed E-state index contributed by atoms with van der Waals surface area (Å²) in [5, 5.41) is 10.2. The number of anilines is 2. The van der Waals surface area contributed by atoms with E-state index in [2.05, 4.69) is 39.0 Å². The summed E-state index contributed by atoms with van der Waals surface area (Å²) in [6.45, 7) is 2.92. The van der Waals surface area contributed by atoms with Crippen LogP contribution in [0.1, 0.15) is 51.9 Å². The molecule has 0 radical (unpaired) electrons. The first-order chi connectivity index (χ1) is 10.4. The molecule has 4 nitrogen and oxygen atoms in total. The molecule has 1 fully saturated rings. The SMILES string of the molecule is CCNc1nc(NC2CCCCCCC2)c2ccsc2n1. The summed E-state index contributed by atoms with van der Waals surface area (Å²) in [6.07, 6.45) is 9.32. The van der Waals surface area contributed by atoms with Crippen LogP contribution in [0.25, 0.3) is 10.2 Å². The Morgan fingerprint density at radius 3 is 2.67 bits per heavy atom. The van der Waals surface area contributed by atoms with Crippen LogP contribution in [0.5, 0.6) is 0 Å². The zero-order chi connectivity index (χ0) is 14.5. The first-order valence-corrected chi connectivity index (χ1v) is 9.00. The Morgan fingerprint density at radius 2 is 1.90 bits per heavy atom. The predicted octanol–water partition coefficient (Wildman–Crippen LogP) is 4.65. The van der Waals surface area contributed by atoms with Crippen LogP contribution in [0.2, 0.25) is 0 Å². The molecule has 0 aliphatic heterocycles. The van der Waals surface area contributed by atoms with Gasteiger partial charge in [0.1, 0.15) is 10.6 Å². The molecule has 0 aromatic carbocycles. The first kappa shape index (κ1) is 14.6. The van der Waals surface area contributed by atoms with Gasteiger partial charge in [0.25, 0.3) is 0 Å². The lowest BCUT2D eigenvalue weighted by atomic mass is 9.97. The van der Waals surface area contributed by atoms with Gasteiger partial charge >= 0.3 is 0 Å². The van der Waals surface area contributed by atoms with Gasteiger partial charge in [-0.15, -0.1) is 11.3 Å². The zero-order valence-electron chi connectivity index (χ0n) is 12.7. The largest absolute Gasteiger partial charge is 0.367 e. The number of rotatable bonds is 4. The Labute approximate surface area is 130 Å². The van der Waals surface area contributed by atoms with Gasteiger partial charge < -0.3 is 10.6 Å². The van der Waals surface area contributed by atoms with Crippen LogP contribution in [0.4, 0.5) is 11.8 Å². The van der Waals surface area contributed by atoms with Crippen molar-refractivity contribution >= 4 is 33.3 Å². The van der Waals surface area contributed by atoms with Gasteiger partial charge in [-0.1, -0.05) is 32.1 Å². The molecule has 1 saturated carbocycles. The smallest absolute Gasteiger partial charge is 0.226 e. The minimum absolute atomic E-state index is 0.553. The van der Waals surface area contributed by atoms with Crippen molar-refractivity contribution in [3.05, 3.63) is 11.4 Å². The maximum absolute atomic E-state index is 4.68. The van der Waals surface area contributed by atoms with Gasteiger partial charge in [-0.2, -0.15) is 4.98 Å². The third-order valence-corrected chi connectivity index (χ3v) is 4.91. The van der Waals surface area contributed by atoms with E-state index in [0.717, 1.165) is 28.5 Å². The van der Waals surface area contributed by atoms with Gasteiger partial charge in [-0.25, -0.2) is 4.98 Å². The highest BCUT2D eigenvalue weighted by molar-refractivity contribution is 7.16. The summed E-state index contributed by atoms with van der Waals surface area (Å²) in [7, 11) is 0. The van der Waals surface area contributed by atoms with Crippen LogP contribution in [-0.2, 0) is 0 Å². The maximum atomic E-state index is 4.68. The molecule has 1 aliphatic carbocycles. The highest BCUT2D eigenvalue weighted by Crippen LogP contribution is 2.28. The Morgan fingerprint density at radius 1 is 1.14 bits per heavy atom. The van der Waals surface area contributed by atoms with Crippen LogP contribution in [0.15, 0.2) is 11.4 Å². The number of aromatic nitrogens is 2. The molecule has 0 bridgehead atoms. The second kappa shape index (κ2) is 7.07. The second-order valence-corrected chi connectivity index (χ2v) is 6.65. The number of hydrogen-bond donors (Lipinski definition) is 2. The van der Waals surface area contributed by atoms with E-state index >= 15 is 0 Å². The van der Waals surface area contributed by atoms with Crippen molar-refractivity contribution in [2.24, 2.45) is 0 Å². The lowest BCUT2D eigenvalue weighted by molar-refractivity contribution is 0.471. The molecule has 0 amide bonds. The molecule has 0 saturated heterocycles. The lowest BCUT2D eigenvalue weighted by Crippen LogP contribution is -2.21. The predicted molar refractivity (Wildman–Crippen MR) is 91.3 cm³/mol. The van der Waals surface area contributed by atoms with E-state index in [-0.39, 0.29) is 0 Å².